The number of nitrogens with one attached hydrogen (secondary N) is 1. The van der Waals surface area contributed by atoms with E-state index in [1.165, 1.54) is 0 Å². The minimum Gasteiger partial charge on any atom is -0.444 e. The van der Waals surface area contributed by atoms with Gasteiger partial charge in [0.15, 0.2) is 0 Å². The van der Waals surface area contributed by atoms with Crippen LogP contribution in [-0.2, 0) is 9.47 Å². The van der Waals surface area contributed by atoms with Crippen molar-refractivity contribution in [2.45, 2.75) is 59.7 Å². The number of hydrogen-bond acceptors (Lipinski definition) is 7. The number of rotatable bonds is 4. The smallest absolute Gasteiger partial charge is 0.410 e. The summed E-state index contributed by atoms with van der Waals surface area (Å²) in [5, 5.41) is 3.00. The Morgan fingerprint density at radius 1 is 0.667 bits per heavy atom. The third kappa shape index (κ3) is 8.30. The Balaban J connectivity index is 1.28. The lowest BCUT2D eigenvalue weighted by molar-refractivity contribution is 0.0230. The van der Waals surface area contributed by atoms with E-state index in [1.54, 1.807) is 9.80 Å². The molecule has 2 aromatic carbocycles. The molecule has 3 amide bonds. The second kappa shape index (κ2) is 12.5. The number of hydrogen-bond donors (Lipinski definition) is 1. The summed E-state index contributed by atoms with van der Waals surface area (Å²) in [7, 11) is 0. The number of carbonyl (C=O) groups excluding carboxylic acids is 3. The van der Waals surface area contributed by atoms with Crippen LogP contribution in [0.1, 0.15) is 57.5 Å². The predicted molar refractivity (Wildman–Crippen MR) is 166 cm³/mol. The van der Waals surface area contributed by atoms with Crippen LogP contribution in [0.3, 0.4) is 0 Å². The van der Waals surface area contributed by atoms with Crippen molar-refractivity contribution in [3.63, 3.8) is 0 Å². The van der Waals surface area contributed by atoms with Gasteiger partial charge in [0.05, 0.1) is 0 Å². The van der Waals surface area contributed by atoms with E-state index in [-0.39, 0.29) is 18.1 Å². The summed E-state index contributed by atoms with van der Waals surface area (Å²) in [5.41, 5.74) is 3.41. The maximum absolute atomic E-state index is 13.0. The van der Waals surface area contributed by atoms with Crippen LogP contribution in [0.4, 0.5) is 26.7 Å². The standard InChI is InChI=1S/C32H45N5O5/c1-23-22-24(8-13-27(23)35-16-20-37(21-17-35)30(40)42-32(5,6)7)28(38)33-25-9-11-26(12-10-25)34-14-18-36(19-15-34)29(39)41-31(2,3)4/h8-13,22H,14-21H2,1-7H3,(H,33,38). The van der Waals surface area contributed by atoms with E-state index < -0.39 is 11.2 Å². The van der Waals surface area contributed by atoms with Gasteiger partial charge in [0.25, 0.3) is 5.91 Å². The fourth-order valence-corrected chi connectivity index (χ4v) is 5.04. The molecule has 1 N–H and O–H groups in total. The lowest BCUT2D eigenvalue weighted by Gasteiger charge is -2.37. The van der Waals surface area contributed by atoms with Gasteiger partial charge in [-0.25, -0.2) is 9.59 Å². The molecular formula is C32H45N5O5. The van der Waals surface area contributed by atoms with Crippen LogP contribution in [0.5, 0.6) is 0 Å². The van der Waals surface area contributed by atoms with Gasteiger partial charge in [0.2, 0.25) is 0 Å². The van der Waals surface area contributed by atoms with Gasteiger partial charge in [0, 0.05) is 75.0 Å². The zero-order chi connectivity index (χ0) is 30.7. The molecule has 0 aromatic heterocycles. The Labute approximate surface area is 249 Å². The first-order chi connectivity index (χ1) is 19.7. The van der Waals surface area contributed by atoms with Crippen molar-refractivity contribution >= 4 is 35.2 Å². The van der Waals surface area contributed by atoms with E-state index in [9.17, 15) is 14.4 Å². The molecule has 0 atom stereocenters. The van der Waals surface area contributed by atoms with E-state index in [4.69, 9.17) is 9.47 Å². The van der Waals surface area contributed by atoms with Crippen LogP contribution >= 0.6 is 0 Å². The normalized spacial score (nSPS) is 16.3. The van der Waals surface area contributed by atoms with E-state index in [0.29, 0.717) is 57.9 Å². The molecule has 2 aliphatic rings. The van der Waals surface area contributed by atoms with Crippen molar-refractivity contribution in [3.05, 3.63) is 53.6 Å². The molecule has 2 aromatic rings. The molecule has 2 saturated heterocycles. The van der Waals surface area contributed by atoms with Crippen LogP contribution in [-0.4, -0.2) is 91.5 Å². The molecule has 42 heavy (non-hydrogen) atoms. The van der Waals surface area contributed by atoms with Gasteiger partial charge in [-0.1, -0.05) is 0 Å². The highest BCUT2D eigenvalue weighted by atomic mass is 16.6. The summed E-state index contributed by atoms with van der Waals surface area (Å²) >= 11 is 0. The Bertz CT molecular complexity index is 1270. The first kappa shape index (κ1) is 31.0. The maximum atomic E-state index is 13.0. The molecule has 0 aliphatic carbocycles. The molecule has 0 radical (unpaired) electrons. The molecule has 0 bridgehead atoms. The highest BCUT2D eigenvalue weighted by Gasteiger charge is 2.27. The molecule has 0 unspecified atom stereocenters. The fourth-order valence-electron chi connectivity index (χ4n) is 5.04. The maximum Gasteiger partial charge on any atom is 0.410 e. The van der Waals surface area contributed by atoms with Crippen LogP contribution in [0.2, 0.25) is 0 Å². The average molecular weight is 580 g/mol. The summed E-state index contributed by atoms with van der Waals surface area (Å²) in [5.74, 6) is -0.168. The topological polar surface area (TPSA) is 94.7 Å². The van der Waals surface area contributed by atoms with E-state index in [1.807, 2.05) is 90.9 Å². The number of aryl methyl sites for hydroxylation is 1. The third-order valence-electron chi connectivity index (χ3n) is 7.15. The molecule has 10 nitrogen and oxygen atoms in total. The second-order valence-corrected chi connectivity index (χ2v) is 12.9. The minimum atomic E-state index is -0.510. The molecule has 2 aliphatic heterocycles. The monoisotopic (exact) mass is 579 g/mol. The van der Waals surface area contributed by atoms with E-state index >= 15 is 0 Å². The number of piperazine rings is 2. The SMILES string of the molecule is Cc1cc(C(=O)Nc2ccc(N3CCN(C(=O)OC(C)(C)C)CC3)cc2)ccc1N1CCN(C(=O)OC(C)(C)C)CC1. The van der Waals surface area contributed by atoms with Crippen molar-refractivity contribution < 1.29 is 23.9 Å². The number of carbonyl (C=O) groups is 3. The lowest BCUT2D eigenvalue weighted by Crippen LogP contribution is -2.50. The first-order valence-electron chi connectivity index (χ1n) is 14.7. The summed E-state index contributed by atoms with van der Waals surface area (Å²) in [6.07, 6.45) is -0.552. The number of anilines is 3. The largest absolute Gasteiger partial charge is 0.444 e. The van der Waals surface area contributed by atoms with Gasteiger partial charge in [-0.05, 0) is 96.5 Å². The zero-order valence-electron chi connectivity index (χ0n) is 26.0. The molecule has 2 heterocycles. The van der Waals surface area contributed by atoms with Gasteiger partial charge in [-0.15, -0.1) is 0 Å². The number of benzene rings is 2. The Hall–Kier alpha value is -3.95. The van der Waals surface area contributed by atoms with Crippen molar-refractivity contribution in [1.29, 1.82) is 0 Å². The van der Waals surface area contributed by atoms with Crippen molar-refractivity contribution in [2.24, 2.45) is 0 Å². The predicted octanol–water partition coefficient (Wildman–Crippen LogP) is 5.36. The Morgan fingerprint density at radius 3 is 1.60 bits per heavy atom. The van der Waals surface area contributed by atoms with Crippen molar-refractivity contribution in [3.8, 4) is 0 Å². The van der Waals surface area contributed by atoms with Crippen LogP contribution in [0.25, 0.3) is 0 Å². The molecule has 10 heteroatoms. The summed E-state index contributed by atoms with van der Waals surface area (Å²) in [6, 6.07) is 13.5. The van der Waals surface area contributed by atoms with Crippen molar-refractivity contribution in [2.75, 3.05) is 67.5 Å². The highest BCUT2D eigenvalue weighted by molar-refractivity contribution is 6.04. The highest BCUT2D eigenvalue weighted by Crippen LogP contribution is 2.25. The summed E-state index contributed by atoms with van der Waals surface area (Å²) in [6.45, 7) is 18.4. The van der Waals surface area contributed by atoms with E-state index in [2.05, 4.69) is 15.1 Å². The molecule has 0 spiro atoms. The van der Waals surface area contributed by atoms with Crippen LogP contribution in [0.15, 0.2) is 42.5 Å². The Morgan fingerprint density at radius 2 is 1.14 bits per heavy atom. The molecular weight excluding hydrogens is 534 g/mol. The van der Waals surface area contributed by atoms with Gasteiger partial charge in [-0.3, -0.25) is 4.79 Å². The number of amides is 3. The molecule has 4 rings (SSSR count). The third-order valence-corrected chi connectivity index (χ3v) is 7.15. The minimum absolute atomic E-state index is 0.168. The molecule has 0 saturated carbocycles. The Kier molecular flexibility index (Phi) is 9.23. The van der Waals surface area contributed by atoms with E-state index in [0.717, 1.165) is 22.6 Å². The zero-order valence-corrected chi connectivity index (χ0v) is 26.0. The van der Waals surface area contributed by atoms with Gasteiger partial charge in [-0.2, -0.15) is 0 Å². The van der Waals surface area contributed by atoms with Crippen molar-refractivity contribution in [1.82, 2.24) is 9.80 Å². The van der Waals surface area contributed by atoms with Crippen LogP contribution < -0.4 is 15.1 Å². The van der Waals surface area contributed by atoms with Gasteiger partial charge in [0.1, 0.15) is 11.2 Å². The first-order valence-corrected chi connectivity index (χ1v) is 14.7. The lowest BCUT2D eigenvalue weighted by atomic mass is 10.1. The van der Waals surface area contributed by atoms with Gasteiger partial charge < -0.3 is 34.4 Å². The van der Waals surface area contributed by atoms with Gasteiger partial charge >= 0.3 is 12.2 Å². The number of nitrogens with zero attached hydrogens (tertiary/aromatic N) is 4. The summed E-state index contributed by atoms with van der Waals surface area (Å²) < 4.78 is 11.0. The fraction of sp³-hybridized carbons (Fsp3) is 0.531. The quantitative estimate of drug-likeness (QED) is 0.521. The van der Waals surface area contributed by atoms with Crippen LogP contribution in [0, 0.1) is 6.92 Å². The molecule has 228 valence electrons. The molecule has 2 fully saturated rings. The average Bonchev–Trinajstić information content (AvgIpc) is 2.92. The second-order valence-electron chi connectivity index (χ2n) is 12.9. The number of ether oxygens (including phenoxy) is 2. The summed E-state index contributed by atoms with van der Waals surface area (Å²) in [4.78, 5) is 45.7.